The second-order valence-corrected chi connectivity index (χ2v) is 5.35. The van der Waals surface area contributed by atoms with Gasteiger partial charge < -0.3 is 18.9 Å². The molecule has 2 aromatic heterocycles. The van der Waals surface area contributed by atoms with Crippen molar-refractivity contribution in [2.75, 3.05) is 13.7 Å². The monoisotopic (exact) mass is 311 g/mol. The molecule has 1 N–H and O–H groups in total. The predicted molar refractivity (Wildman–Crippen MR) is 88.6 cm³/mol. The zero-order valence-electron chi connectivity index (χ0n) is 13.2. The number of ether oxygens (including phenoxy) is 1. The van der Waals surface area contributed by atoms with E-state index in [9.17, 15) is 0 Å². The van der Waals surface area contributed by atoms with Crippen LogP contribution in [0.25, 0.3) is 0 Å². The molecule has 3 aromatic rings. The van der Waals surface area contributed by atoms with Crippen LogP contribution in [-0.2, 0) is 6.54 Å². The van der Waals surface area contributed by atoms with Crippen LogP contribution in [-0.4, -0.2) is 13.7 Å². The summed E-state index contributed by atoms with van der Waals surface area (Å²) < 4.78 is 16.5. The molecule has 0 bridgehead atoms. The van der Waals surface area contributed by atoms with E-state index < -0.39 is 0 Å². The SMILES string of the molecule is COc1ccccc1C(CCNCc1ccco1)c1ccco1. The summed E-state index contributed by atoms with van der Waals surface area (Å²) in [4.78, 5) is 0. The van der Waals surface area contributed by atoms with E-state index in [2.05, 4.69) is 11.4 Å². The van der Waals surface area contributed by atoms with Crippen molar-refractivity contribution < 1.29 is 13.6 Å². The van der Waals surface area contributed by atoms with Gasteiger partial charge in [-0.05, 0) is 43.3 Å². The van der Waals surface area contributed by atoms with Crippen LogP contribution < -0.4 is 10.1 Å². The first-order chi connectivity index (χ1) is 11.4. The van der Waals surface area contributed by atoms with Crippen LogP contribution >= 0.6 is 0 Å². The quantitative estimate of drug-likeness (QED) is 0.634. The highest BCUT2D eigenvalue weighted by molar-refractivity contribution is 5.39. The Labute approximate surface area is 136 Å². The fraction of sp³-hybridized carbons (Fsp3) is 0.263. The van der Waals surface area contributed by atoms with Crippen LogP contribution in [0.3, 0.4) is 0 Å². The normalized spacial score (nSPS) is 12.2. The lowest BCUT2D eigenvalue weighted by molar-refractivity contribution is 0.397. The molecular weight excluding hydrogens is 290 g/mol. The molecule has 4 nitrogen and oxygen atoms in total. The van der Waals surface area contributed by atoms with Crippen LogP contribution in [0, 0.1) is 0 Å². The summed E-state index contributed by atoms with van der Waals surface area (Å²) in [6.45, 7) is 1.58. The molecule has 3 rings (SSSR count). The van der Waals surface area contributed by atoms with Gasteiger partial charge in [0.15, 0.2) is 0 Å². The third-order valence-electron chi connectivity index (χ3n) is 3.89. The van der Waals surface area contributed by atoms with Crippen LogP contribution in [0.15, 0.2) is 69.9 Å². The van der Waals surface area contributed by atoms with Crippen molar-refractivity contribution >= 4 is 0 Å². The van der Waals surface area contributed by atoms with Gasteiger partial charge in [-0.2, -0.15) is 0 Å². The second-order valence-electron chi connectivity index (χ2n) is 5.35. The van der Waals surface area contributed by atoms with Crippen LogP contribution in [0.4, 0.5) is 0 Å². The fourth-order valence-electron chi connectivity index (χ4n) is 2.77. The number of hydrogen-bond donors (Lipinski definition) is 1. The topological polar surface area (TPSA) is 47.5 Å². The second kappa shape index (κ2) is 7.70. The van der Waals surface area contributed by atoms with Gasteiger partial charge in [0, 0.05) is 11.5 Å². The summed E-state index contributed by atoms with van der Waals surface area (Å²) in [5, 5.41) is 3.41. The molecule has 1 aromatic carbocycles. The Kier molecular flexibility index (Phi) is 5.17. The van der Waals surface area contributed by atoms with E-state index in [0.717, 1.165) is 42.3 Å². The summed E-state index contributed by atoms with van der Waals surface area (Å²) >= 11 is 0. The van der Waals surface area contributed by atoms with Gasteiger partial charge in [0.25, 0.3) is 0 Å². The molecule has 1 unspecified atom stereocenters. The average Bonchev–Trinajstić information content (AvgIpc) is 3.28. The minimum atomic E-state index is 0.158. The molecule has 0 fully saturated rings. The minimum Gasteiger partial charge on any atom is -0.496 e. The first-order valence-electron chi connectivity index (χ1n) is 7.78. The lowest BCUT2D eigenvalue weighted by Crippen LogP contribution is -2.17. The molecule has 0 saturated carbocycles. The minimum absolute atomic E-state index is 0.158. The van der Waals surface area contributed by atoms with Gasteiger partial charge in [0.05, 0.1) is 26.2 Å². The fourth-order valence-corrected chi connectivity index (χ4v) is 2.77. The Balaban J connectivity index is 1.69. The molecule has 1 atom stereocenters. The van der Waals surface area contributed by atoms with Crippen molar-refractivity contribution in [1.82, 2.24) is 5.32 Å². The molecule has 4 heteroatoms. The van der Waals surface area contributed by atoms with Crippen LogP contribution in [0.5, 0.6) is 5.75 Å². The van der Waals surface area contributed by atoms with E-state index in [-0.39, 0.29) is 5.92 Å². The molecule has 120 valence electrons. The maximum Gasteiger partial charge on any atom is 0.122 e. The van der Waals surface area contributed by atoms with E-state index in [1.165, 1.54) is 0 Å². The van der Waals surface area contributed by atoms with E-state index in [4.69, 9.17) is 13.6 Å². The third kappa shape index (κ3) is 3.85. The van der Waals surface area contributed by atoms with Gasteiger partial charge in [-0.1, -0.05) is 18.2 Å². The molecule has 0 spiro atoms. The number of methoxy groups -OCH3 is 1. The van der Waals surface area contributed by atoms with Crippen molar-refractivity contribution in [2.24, 2.45) is 0 Å². The number of benzene rings is 1. The van der Waals surface area contributed by atoms with E-state index >= 15 is 0 Å². The Hall–Kier alpha value is -2.46. The Morgan fingerprint density at radius 1 is 1.00 bits per heavy atom. The first kappa shape index (κ1) is 15.4. The maximum atomic E-state index is 5.65. The highest BCUT2D eigenvalue weighted by Gasteiger charge is 2.20. The Morgan fingerprint density at radius 3 is 2.57 bits per heavy atom. The highest BCUT2D eigenvalue weighted by atomic mass is 16.5. The Bertz CT molecular complexity index is 689. The molecule has 0 radical (unpaired) electrons. The van der Waals surface area contributed by atoms with Crippen LogP contribution in [0.2, 0.25) is 0 Å². The summed E-state index contributed by atoms with van der Waals surface area (Å²) in [5.41, 5.74) is 1.14. The lowest BCUT2D eigenvalue weighted by Gasteiger charge is -2.18. The number of rotatable bonds is 8. The molecule has 2 heterocycles. The first-order valence-corrected chi connectivity index (χ1v) is 7.78. The third-order valence-corrected chi connectivity index (χ3v) is 3.89. The standard InChI is InChI=1S/C19H21NO3/c1-21-18-8-3-2-7-16(18)17(19-9-5-13-23-19)10-11-20-14-15-6-4-12-22-15/h2-9,12-13,17,20H,10-11,14H2,1H3. The zero-order chi connectivity index (χ0) is 15.9. The lowest BCUT2D eigenvalue weighted by atomic mass is 9.92. The molecule has 0 aliphatic carbocycles. The largest absolute Gasteiger partial charge is 0.496 e. The van der Waals surface area contributed by atoms with Gasteiger partial charge in [0.1, 0.15) is 17.3 Å². The molecule has 0 aliphatic rings. The molecule has 0 amide bonds. The van der Waals surface area contributed by atoms with Crippen LogP contribution in [0.1, 0.15) is 29.4 Å². The maximum absolute atomic E-state index is 5.65. The molecule has 0 aliphatic heterocycles. The van der Waals surface area contributed by atoms with Gasteiger partial charge in [0.2, 0.25) is 0 Å². The summed E-state index contributed by atoms with van der Waals surface area (Å²) in [5.74, 6) is 2.94. The van der Waals surface area contributed by atoms with Crippen molar-refractivity contribution in [3.8, 4) is 5.75 Å². The van der Waals surface area contributed by atoms with Gasteiger partial charge in [-0.15, -0.1) is 0 Å². The van der Waals surface area contributed by atoms with Gasteiger partial charge in [-0.25, -0.2) is 0 Å². The summed E-state index contributed by atoms with van der Waals surface area (Å²) in [6.07, 6.45) is 4.32. The summed E-state index contributed by atoms with van der Waals surface area (Å²) in [7, 11) is 1.70. The van der Waals surface area contributed by atoms with Crippen molar-refractivity contribution in [2.45, 2.75) is 18.9 Å². The number of hydrogen-bond acceptors (Lipinski definition) is 4. The van der Waals surface area contributed by atoms with Crippen molar-refractivity contribution in [3.63, 3.8) is 0 Å². The smallest absolute Gasteiger partial charge is 0.122 e. The molecular formula is C19H21NO3. The van der Waals surface area contributed by atoms with Gasteiger partial charge >= 0.3 is 0 Å². The van der Waals surface area contributed by atoms with E-state index in [0.29, 0.717) is 0 Å². The number of furan rings is 2. The van der Waals surface area contributed by atoms with Crippen molar-refractivity contribution in [1.29, 1.82) is 0 Å². The Morgan fingerprint density at radius 2 is 1.83 bits per heavy atom. The van der Waals surface area contributed by atoms with E-state index in [1.807, 2.05) is 42.5 Å². The highest BCUT2D eigenvalue weighted by Crippen LogP contribution is 2.34. The number of nitrogens with one attached hydrogen (secondary N) is 1. The van der Waals surface area contributed by atoms with Gasteiger partial charge in [-0.3, -0.25) is 0 Å². The summed E-state index contributed by atoms with van der Waals surface area (Å²) in [6, 6.07) is 15.9. The van der Waals surface area contributed by atoms with Crippen molar-refractivity contribution in [3.05, 3.63) is 78.1 Å². The molecule has 23 heavy (non-hydrogen) atoms. The number of para-hydroxylation sites is 1. The predicted octanol–water partition coefficient (Wildman–Crippen LogP) is 4.19. The average molecular weight is 311 g/mol. The van der Waals surface area contributed by atoms with E-state index in [1.54, 1.807) is 19.6 Å². The zero-order valence-corrected chi connectivity index (χ0v) is 13.2. The molecule has 0 saturated heterocycles.